The molecule has 4 N–H and O–H groups in total. The normalized spacial score (nSPS) is 12.3. The van der Waals surface area contributed by atoms with Gasteiger partial charge in [-0.15, -0.1) is 0 Å². The SMILES string of the molecule is C[C@H](NC(=O)C(=O)Nc1cc(Cl)ccc1Cl)c1ccc(S(N)(=O)=O)cc1. The molecule has 0 aliphatic rings. The summed E-state index contributed by atoms with van der Waals surface area (Å²) in [5, 5.41) is 10.5. The molecule has 26 heavy (non-hydrogen) atoms. The summed E-state index contributed by atoms with van der Waals surface area (Å²) in [4.78, 5) is 24.0. The first-order valence-electron chi connectivity index (χ1n) is 7.27. The molecule has 0 saturated carbocycles. The average molecular weight is 416 g/mol. The van der Waals surface area contributed by atoms with Crippen molar-refractivity contribution in [2.45, 2.75) is 17.9 Å². The van der Waals surface area contributed by atoms with Crippen LogP contribution in [0.2, 0.25) is 10.0 Å². The van der Waals surface area contributed by atoms with Gasteiger partial charge in [-0.3, -0.25) is 9.59 Å². The van der Waals surface area contributed by atoms with Crippen LogP contribution in [0, 0.1) is 0 Å². The van der Waals surface area contributed by atoms with Crippen LogP contribution in [0.5, 0.6) is 0 Å². The molecular weight excluding hydrogens is 401 g/mol. The Morgan fingerprint density at radius 1 is 1.04 bits per heavy atom. The maximum absolute atomic E-state index is 12.0. The Morgan fingerprint density at radius 3 is 2.23 bits per heavy atom. The molecule has 7 nitrogen and oxygen atoms in total. The third kappa shape index (κ3) is 5.18. The molecule has 0 radical (unpaired) electrons. The van der Waals surface area contributed by atoms with Gasteiger partial charge in [-0.2, -0.15) is 0 Å². The molecule has 2 aromatic carbocycles. The number of halogens is 2. The topological polar surface area (TPSA) is 118 Å². The lowest BCUT2D eigenvalue weighted by Gasteiger charge is -2.15. The highest BCUT2D eigenvalue weighted by Crippen LogP contribution is 2.25. The molecule has 0 heterocycles. The number of carbonyl (C=O) groups is 2. The monoisotopic (exact) mass is 415 g/mol. The second kappa shape index (κ2) is 8.05. The first-order chi connectivity index (χ1) is 12.1. The first-order valence-corrected chi connectivity index (χ1v) is 9.58. The van der Waals surface area contributed by atoms with E-state index in [0.717, 1.165) is 0 Å². The highest BCUT2D eigenvalue weighted by atomic mass is 35.5. The summed E-state index contributed by atoms with van der Waals surface area (Å²) in [5.74, 6) is -1.80. The smallest absolute Gasteiger partial charge is 0.313 e. The van der Waals surface area contributed by atoms with E-state index in [0.29, 0.717) is 10.6 Å². The Bertz CT molecular complexity index is 946. The van der Waals surface area contributed by atoms with E-state index in [1.165, 1.54) is 36.4 Å². The molecule has 1 atom stereocenters. The quantitative estimate of drug-likeness (QED) is 0.664. The van der Waals surface area contributed by atoms with Crippen LogP contribution in [-0.2, 0) is 19.6 Å². The van der Waals surface area contributed by atoms with Crippen LogP contribution >= 0.6 is 23.2 Å². The number of nitrogens with one attached hydrogen (secondary N) is 2. The molecule has 138 valence electrons. The van der Waals surface area contributed by atoms with Gasteiger partial charge in [-0.1, -0.05) is 35.3 Å². The number of benzene rings is 2. The number of carbonyl (C=O) groups excluding carboxylic acids is 2. The molecule has 0 aliphatic heterocycles. The van der Waals surface area contributed by atoms with Crippen molar-refractivity contribution in [2.24, 2.45) is 5.14 Å². The predicted octanol–water partition coefficient (Wildman–Crippen LogP) is 2.46. The van der Waals surface area contributed by atoms with Gasteiger partial charge < -0.3 is 10.6 Å². The molecule has 0 saturated heterocycles. The summed E-state index contributed by atoms with van der Waals surface area (Å²) >= 11 is 11.8. The van der Waals surface area contributed by atoms with Gasteiger partial charge in [0.05, 0.1) is 21.6 Å². The van der Waals surface area contributed by atoms with Crippen molar-refractivity contribution in [1.82, 2.24) is 5.32 Å². The van der Waals surface area contributed by atoms with Crippen LogP contribution in [0.1, 0.15) is 18.5 Å². The lowest BCUT2D eigenvalue weighted by Crippen LogP contribution is -2.37. The molecule has 2 aromatic rings. The first kappa shape index (κ1) is 20.2. The van der Waals surface area contributed by atoms with Crippen molar-refractivity contribution in [1.29, 1.82) is 0 Å². The minimum atomic E-state index is -3.80. The lowest BCUT2D eigenvalue weighted by atomic mass is 10.1. The number of anilines is 1. The van der Waals surface area contributed by atoms with Crippen LogP contribution < -0.4 is 15.8 Å². The lowest BCUT2D eigenvalue weighted by molar-refractivity contribution is -0.136. The van der Waals surface area contributed by atoms with Gasteiger partial charge in [0.15, 0.2) is 0 Å². The summed E-state index contributed by atoms with van der Waals surface area (Å²) in [6, 6.07) is 9.55. The third-order valence-corrected chi connectivity index (χ3v) is 4.93. The van der Waals surface area contributed by atoms with E-state index in [1.807, 2.05) is 0 Å². The molecular formula is C16H15Cl2N3O4S. The molecule has 0 fully saturated rings. The van der Waals surface area contributed by atoms with E-state index < -0.39 is 27.9 Å². The Balaban J connectivity index is 2.04. The van der Waals surface area contributed by atoms with Gasteiger partial charge in [0.25, 0.3) is 0 Å². The molecule has 10 heteroatoms. The van der Waals surface area contributed by atoms with Crippen LogP contribution in [0.4, 0.5) is 5.69 Å². The standard InChI is InChI=1S/C16H15Cl2N3O4S/c1-9(10-2-5-12(6-3-10)26(19,24)25)20-15(22)16(23)21-14-8-11(17)4-7-13(14)18/h2-9H,1H3,(H,20,22)(H,21,23)(H2,19,24,25)/t9-/m0/s1. The van der Waals surface area contributed by atoms with E-state index in [9.17, 15) is 18.0 Å². The molecule has 0 aliphatic carbocycles. The fourth-order valence-electron chi connectivity index (χ4n) is 2.06. The average Bonchev–Trinajstić information content (AvgIpc) is 2.57. The van der Waals surface area contributed by atoms with Crippen LogP contribution in [0.15, 0.2) is 47.4 Å². The maximum atomic E-state index is 12.0. The predicted molar refractivity (Wildman–Crippen MR) is 99.5 cm³/mol. The number of hydrogen-bond donors (Lipinski definition) is 3. The highest BCUT2D eigenvalue weighted by molar-refractivity contribution is 7.89. The fourth-order valence-corrected chi connectivity index (χ4v) is 2.92. The highest BCUT2D eigenvalue weighted by Gasteiger charge is 2.19. The maximum Gasteiger partial charge on any atom is 0.313 e. The third-order valence-electron chi connectivity index (χ3n) is 3.44. The number of sulfonamides is 1. The Labute approximate surface area is 160 Å². The fraction of sp³-hybridized carbons (Fsp3) is 0.125. The second-order valence-corrected chi connectivity index (χ2v) is 7.79. The molecule has 0 spiro atoms. The van der Waals surface area contributed by atoms with Gasteiger partial charge in [-0.05, 0) is 42.8 Å². The summed E-state index contributed by atoms with van der Waals surface area (Å²) in [5.41, 5.74) is 0.809. The van der Waals surface area contributed by atoms with Crippen LogP contribution in [-0.4, -0.2) is 20.2 Å². The van der Waals surface area contributed by atoms with Crippen molar-refractivity contribution in [3.8, 4) is 0 Å². The Kier molecular flexibility index (Phi) is 6.25. The number of nitrogens with two attached hydrogens (primary N) is 1. The zero-order valence-electron chi connectivity index (χ0n) is 13.5. The van der Waals surface area contributed by atoms with Gasteiger partial charge in [0, 0.05) is 5.02 Å². The molecule has 2 amide bonds. The minimum absolute atomic E-state index is 0.0480. The largest absolute Gasteiger partial charge is 0.341 e. The van der Waals surface area contributed by atoms with E-state index in [-0.39, 0.29) is 15.6 Å². The summed E-state index contributed by atoms with van der Waals surface area (Å²) in [6.07, 6.45) is 0. The Hall–Kier alpha value is -2.13. The van der Waals surface area contributed by atoms with E-state index in [4.69, 9.17) is 28.3 Å². The summed E-state index contributed by atoms with van der Waals surface area (Å²) < 4.78 is 22.5. The van der Waals surface area contributed by atoms with Crippen molar-refractivity contribution in [3.05, 3.63) is 58.1 Å². The summed E-state index contributed by atoms with van der Waals surface area (Å²) in [7, 11) is -3.80. The van der Waals surface area contributed by atoms with Gasteiger partial charge in [0.1, 0.15) is 0 Å². The second-order valence-electron chi connectivity index (χ2n) is 5.39. The zero-order chi connectivity index (χ0) is 19.5. The summed E-state index contributed by atoms with van der Waals surface area (Å²) in [6.45, 7) is 1.64. The van der Waals surface area contributed by atoms with Crippen molar-refractivity contribution in [3.63, 3.8) is 0 Å². The van der Waals surface area contributed by atoms with E-state index >= 15 is 0 Å². The van der Waals surface area contributed by atoms with Crippen molar-refractivity contribution < 1.29 is 18.0 Å². The molecule has 2 rings (SSSR count). The van der Waals surface area contributed by atoms with Gasteiger partial charge >= 0.3 is 11.8 Å². The molecule has 0 aromatic heterocycles. The van der Waals surface area contributed by atoms with Gasteiger partial charge in [0.2, 0.25) is 10.0 Å². The van der Waals surface area contributed by atoms with Crippen LogP contribution in [0.3, 0.4) is 0 Å². The van der Waals surface area contributed by atoms with E-state index in [1.54, 1.807) is 13.0 Å². The van der Waals surface area contributed by atoms with E-state index in [2.05, 4.69) is 10.6 Å². The Morgan fingerprint density at radius 2 is 1.65 bits per heavy atom. The number of amides is 2. The molecule has 0 unspecified atom stereocenters. The van der Waals surface area contributed by atoms with Gasteiger partial charge in [-0.25, -0.2) is 13.6 Å². The van der Waals surface area contributed by atoms with Crippen molar-refractivity contribution >= 4 is 50.7 Å². The molecule has 0 bridgehead atoms. The number of primary sulfonamides is 1. The number of hydrogen-bond acceptors (Lipinski definition) is 4. The minimum Gasteiger partial charge on any atom is -0.341 e. The number of rotatable bonds is 4. The van der Waals surface area contributed by atoms with Crippen LogP contribution in [0.25, 0.3) is 0 Å². The van der Waals surface area contributed by atoms with Crippen molar-refractivity contribution in [2.75, 3.05) is 5.32 Å². The zero-order valence-corrected chi connectivity index (χ0v) is 15.8.